The lowest BCUT2D eigenvalue weighted by atomic mass is 9.95. The highest BCUT2D eigenvalue weighted by atomic mass is 16.5. The predicted molar refractivity (Wildman–Crippen MR) is 73.0 cm³/mol. The van der Waals surface area contributed by atoms with Crippen molar-refractivity contribution < 1.29 is 4.74 Å². The molecular formula is C14H28N2O. The van der Waals surface area contributed by atoms with Gasteiger partial charge in [-0.3, -0.25) is 4.68 Å². The monoisotopic (exact) mass is 240 g/mol. The van der Waals surface area contributed by atoms with Crippen LogP contribution < -0.4 is 0 Å². The van der Waals surface area contributed by atoms with Crippen molar-refractivity contribution in [2.75, 3.05) is 6.61 Å². The smallest absolute Gasteiger partial charge is 0.0857 e. The number of rotatable bonds is 1. The van der Waals surface area contributed by atoms with E-state index in [1.165, 1.54) is 12.0 Å². The van der Waals surface area contributed by atoms with Crippen LogP contribution in [0.1, 0.15) is 59.1 Å². The Bertz CT molecular complexity index is 284. The lowest BCUT2D eigenvalue weighted by Crippen LogP contribution is -2.17. The minimum absolute atomic E-state index is 0.275. The molecule has 1 aromatic rings. The Labute approximate surface area is 106 Å². The summed E-state index contributed by atoms with van der Waals surface area (Å²) in [4.78, 5) is 0. The summed E-state index contributed by atoms with van der Waals surface area (Å²) in [6.45, 7) is 11.2. The molecule has 0 spiro atoms. The fraction of sp³-hybridized carbons (Fsp3) is 0.786. The molecule has 0 N–H and O–H groups in total. The Morgan fingerprint density at radius 2 is 1.94 bits per heavy atom. The van der Waals surface area contributed by atoms with Crippen molar-refractivity contribution in [3.8, 4) is 0 Å². The Kier molecular flexibility index (Phi) is 8.78. The molecule has 1 aliphatic heterocycles. The zero-order valence-corrected chi connectivity index (χ0v) is 12.2. The van der Waals surface area contributed by atoms with Crippen molar-refractivity contribution in [3.05, 3.63) is 18.0 Å². The molecule has 0 saturated carbocycles. The van der Waals surface area contributed by atoms with Crippen LogP contribution in [0.3, 0.4) is 0 Å². The third-order valence-electron chi connectivity index (χ3n) is 2.64. The highest BCUT2D eigenvalue weighted by Crippen LogP contribution is 2.30. The van der Waals surface area contributed by atoms with Gasteiger partial charge >= 0.3 is 0 Å². The molecule has 2 heterocycles. The van der Waals surface area contributed by atoms with Crippen LogP contribution in [0.25, 0.3) is 0 Å². The summed E-state index contributed by atoms with van der Waals surface area (Å²) in [5, 5.41) is 4.15. The van der Waals surface area contributed by atoms with Crippen LogP contribution in [0, 0.1) is 5.92 Å². The quantitative estimate of drug-likeness (QED) is 0.743. The van der Waals surface area contributed by atoms with Gasteiger partial charge in [-0.1, -0.05) is 34.6 Å². The summed E-state index contributed by atoms with van der Waals surface area (Å²) < 4.78 is 7.53. The Morgan fingerprint density at radius 1 is 1.29 bits per heavy atom. The van der Waals surface area contributed by atoms with Crippen molar-refractivity contribution in [1.82, 2.24) is 9.78 Å². The largest absolute Gasteiger partial charge is 0.373 e. The number of aromatic nitrogens is 2. The fourth-order valence-electron chi connectivity index (χ4n) is 1.80. The predicted octanol–water partition coefficient (Wildman–Crippen LogP) is 3.96. The van der Waals surface area contributed by atoms with Gasteiger partial charge in [0.05, 0.1) is 12.3 Å². The van der Waals surface area contributed by atoms with Crippen molar-refractivity contribution in [1.29, 1.82) is 0 Å². The highest BCUT2D eigenvalue weighted by Gasteiger charge is 2.21. The lowest BCUT2D eigenvalue weighted by molar-refractivity contribution is -0.00636. The topological polar surface area (TPSA) is 27.1 Å². The number of hydrogen-bond donors (Lipinski definition) is 0. The molecule has 2 atom stereocenters. The second-order valence-electron chi connectivity index (χ2n) is 3.94. The first-order valence-corrected chi connectivity index (χ1v) is 6.86. The minimum atomic E-state index is 0.275. The van der Waals surface area contributed by atoms with Crippen LogP contribution in [-0.4, -0.2) is 16.4 Å². The van der Waals surface area contributed by atoms with Crippen LogP contribution in [-0.2, 0) is 11.8 Å². The van der Waals surface area contributed by atoms with Gasteiger partial charge in [-0.25, -0.2) is 0 Å². The fourth-order valence-corrected chi connectivity index (χ4v) is 1.80. The Balaban J connectivity index is 0.000000581. The van der Waals surface area contributed by atoms with E-state index in [2.05, 4.69) is 12.0 Å². The third-order valence-corrected chi connectivity index (χ3v) is 2.64. The van der Waals surface area contributed by atoms with Gasteiger partial charge in [-0.2, -0.15) is 5.10 Å². The molecule has 2 unspecified atom stereocenters. The number of ether oxygens (including phenoxy) is 1. The van der Waals surface area contributed by atoms with Crippen molar-refractivity contribution in [2.24, 2.45) is 13.0 Å². The van der Waals surface area contributed by atoms with E-state index in [1.54, 1.807) is 0 Å². The summed E-state index contributed by atoms with van der Waals surface area (Å²) in [5.74, 6) is 0.777. The van der Waals surface area contributed by atoms with E-state index in [-0.39, 0.29) is 6.10 Å². The van der Waals surface area contributed by atoms with Crippen molar-refractivity contribution in [3.63, 3.8) is 0 Å². The van der Waals surface area contributed by atoms with E-state index >= 15 is 0 Å². The van der Waals surface area contributed by atoms with E-state index < -0.39 is 0 Å². The second kappa shape index (κ2) is 9.23. The highest BCUT2D eigenvalue weighted by molar-refractivity contribution is 5.08. The van der Waals surface area contributed by atoms with E-state index in [9.17, 15) is 0 Å². The third kappa shape index (κ3) is 5.35. The van der Waals surface area contributed by atoms with E-state index in [0.29, 0.717) is 0 Å². The maximum atomic E-state index is 5.69. The molecule has 1 saturated heterocycles. The van der Waals surface area contributed by atoms with Gasteiger partial charge in [0.15, 0.2) is 0 Å². The first-order chi connectivity index (χ1) is 8.25. The molecule has 1 aliphatic rings. The lowest BCUT2D eigenvalue weighted by Gasteiger charge is -2.26. The zero-order valence-electron chi connectivity index (χ0n) is 12.2. The molecule has 3 heteroatoms. The maximum Gasteiger partial charge on any atom is 0.0857 e. The molecule has 0 aliphatic carbocycles. The van der Waals surface area contributed by atoms with Crippen LogP contribution in [0.15, 0.2) is 12.4 Å². The molecule has 1 aromatic heterocycles. The Morgan fingerprint density at radius 3 is 2.41 bits per heavy atom. The van der Waals surface area contributed by atoms with Gasteiger partial charge in [-0.05, 0) is 18.8 Å². The molecule has 2 rings (SSSR count). The summed E-state index contributed by atoms with van der Waals surface area (Å²) >= 11 is 0. The van der Waals surface area contributed by atoms with Crippen LogP contribution in [0.5, 0.6) is 0 Å². The maximum absolute atomic E-state index is 5.69. The summed E-state index contributed by atoms with van der Waals surface area (Å²) in [7, 11) is 1.94. The minimum Gasteiger partial charge on any atom is -0.373 e. The summed E-state index contributed by atoms with van der Waals surface area (Å²) in [6, 6.07) is 0. The van der Waals surface area contributed by atoms with Crippen LogP contribution >= 0.6 is 0 Å². The van der Waals surface area contributed by atoms with Crippen molar-refractivity contribution in [2.45, 2.75) is 53.6 Å². The first kappa shape index (κ1) is 16.2. The van der Waals surface area contributed by atoms with E-state index in [1.807, 2.05) is 51.8 Å². The number of nitrogens with zero attached hydrogens (tertiary/aromatic N) is 2. The Hall–Kier alpha value is -0.830. The van der Waals surface area contributed by atoms with Gasteiger partial charge in [0.2, 0.25) is 0 Å². The molecule has 0 amide bonds. The van der Waals surface area contributed by atoms with Gasteiger partial charge in [-0.15, -0.1) is 0 Å². The van der Waals surface area contributed by atoms with E-state index in [0.717, 1.165) is 18.9 Å². The standard InChI is InChI=1S/C10H16N2O.2C2H6/c1-8-3-4-13-10(5-8)9-6-11-12(2)7-9;2*1-2/h6-8,10H,3-5H2,1-2H3;2*1-2H3. The molecule has 0 bridgehead atoms. The van der Waals surface area contributed by atoms with Crippen molar-refractivity contribution >= 4 is 0 Å². The molecule has 1 fully saturated rings. The van der Waals surface area contributed by atoms with Crippen LogP contribution in [0.2, 0.25) is 0 Å². The van der Waals surface area contributed by atoms with Gasteiger partial charge in [0.1, 0.15) is 0 Å². The first-order valence-electron chi connectivity index (χ1n) is 6.86. The average Bonchev–Trinajstić information content (AvgIpc) is 2.81. The molecule has 0 radical (unpaired) electrons. The molecule has 100 valence electrons. The summed E-state index contributed by atoms with van der Waals surface area (Å²) in [6.07, 6.45) is 6.55. The van der Waals surface area contributed by atoms with Crippen LogP contribution in [0.4, 0.5) is 0 Å². The van der Waals surface area contributed by atoms with Gasteiger partial charge < -0.3 is 4.74 Å². The number of hydrogen-bond acceptors (Lipinski definition) is 2. The second-order valence-corrected chi connectivity index (χ2v) is 3.94. The molecule has 0 aromatic carbocycles. The number of aryl methyl sites for hydroxylation is 1. The molecule has 3 nitrogen and oxygen atoms in total. The van der Waals surface area contributed by atoms with E-state index in [4.69, 9.17) is 4.74 Å². The normalized spacial score (nSPS) is 22.9. The molecule has 17 heavy (non-hydrogen) atoms. The van der Waals surface area contributed by atoms with Gasteiger partial charge in [0, 0.05) is 25.4 Å². The van der Waals surface area contributed by atoms with Gasteiger partial charge in [0.25, 0.3) is 0 Å². The molecular weight excluding hydrogens is 212 g/mol. The average molecular weight is 240 g/mol. The zero-order chi connectivity index (χ0) is 13.3. The summed E-state index contributed by atoms with van der Waals surface area (Å²) in [5.41, 5.74) is 1.22. The SMILES string of the molecule is CC.CC.CC1CCOC(c2cnn(C)c2)C1.